The van der Waals surface area contributed by atoms with Crippen LogP contribution >= 0.6 is 11.3 Å². The van der Waals surface area contributed by atoms with Crippen molar-refractivity contribution >= 4 is 38.5 Å². The van der Waals surface area contributed by atoms with E-state index >= 15 is 0 Å². The maximum absolute atomic E-state index is 12.7. The number of anilines is 2. The van der Waals surface area contributed by atoms with Gasteiger partial charge in [-0.05, 0) is 29.8 Å². The molecule has 13 heteroatoms. The van der Waals surface area contributed by atoms with Crippen molar-refractivity contribution in [2.24, 2.45) is 0 Å². The van der Waals surface area contributed by atoms with Crippen LogP contribution in [0.15, 0.2) is 58.9 Å². The molecule has 0 bridgehead atoms. The van der Waals surface area contributed by atoms with Gasteiger partial charge in [-0.2, -0.15) is 18.4 Å². The van der Waals surface area contributed by atoms with Crippen LogP contribution in [0, 0.1) is 11.3 Å². The van der Waals surface area contributed by atoms with Gasteiger partial charge in [-0.3, -0.25) is 0 Å². The molecule has 0 unspecified atom stereocenters. The molecule has 2 heterocycles. The van der Waals surface area contributed by atoms with Crippen LogP contribution in [0.4, 0.5) is 24.5 Å². The first kappa shape index (κ1) is 26.0. The molecule has 4 rings (SSSR count). The normalized spacial score (nSPS) is 13.0. The monoisotopic (exact) mass is 525 g/mol. The topological polar surface area (TPSA) is 121 Å². The van der Waals surface area contributed by atoms with Crippen LogP contribution < -0.4 is 9.64 Å². The van der Waals surface area contributed by atoms with Crippen molar-refractivity contribution in [2.75, 3.05) is 18.1 Å². The van der Waals surface area contributed by atoms with E-state index in [1.807, 2.05) is 24.3 Å². The third kappa shape index (κ3) is 6.71. The number of hydrogen-bond donors (Lipinski definition) is 1. The lowest BCUT2D eigenvalue weighted by atomic mass is 10.1. The van der Waals surface area contributed by atoms with Crippen molar-refractivity contribution in [1.82, 2.24) is 4.98 Å². The summed E-state index contributed by atoms with van der Waals surface area (Å²) in [6, 6.07) is 14.9. The summed E-state index contributed by atoms with van der Waals surface area (Å²) in [5, 5.41) is 18.4. The van der Waals surface area contributed by atoms with E-state index in [-0.39, 0.29) is 10.6 Å². The molecule has 0 fully saturated rings. The number of alkyl halides is 3. The van der Waals surface area contributed by atoms with Gasteiger partial charge in [-0.15, -0.1) is 11.3 Å². The third-order valence-electron chi connectivity index (χ3n) is 4.70. The zero-order chi connectivity index (χ0) is 25.6. The van der Waals surface area contributed by atoms with E-state index in [0.29, 0.717) is 30.3 Å². The standard InChI is InChI=1S/C20H17N3O3S2.C2HF3O2/c21-7-6-15-2-1-3-16(12-15)23-9-10-26-19-13-17(4-5-18(19)23)28(24,25)14-20-22-8-11-27-20;3-2(4,5)1(6)7/h1-5,8,11-13H,6,9-10,14H2;(H,6,7). The molecule has 0 spiro atoms. The molecule has 184 valence electrons. The summed E-state index contributed by atoms with van der Waals surface area (Å²) in [4.78, 5) is 15.3. The zero-order valence-corrected chi connectivity index (χ0v) is 19.5. The average Bonchev–Trinajstić information content (AvgIpc) is 3.31. The maximum atomic E-state index is 12.7. The Kier molecular flexibility index (Phi) is 7.98. The third-order valence-corrected chi connectivity index (χ3v) is 7.29. The number of hydrogen-bond acceptors (Lipinski definition) is 8. The number of nitrogens with zero attached hydrogens (tertiary/aromatic N) is 3. The van der Waals surface area contributed by atoms with Crippen molar-refractivity contribution in [3.63, 3.8) is 0 Å². The molecule has 1 aliphatic heterocycles. The van der Waals surface area contributed by atoms with E-state index in [2.05, 4.69) is 16.0 Å². The first-order valence-corrected chi connectivity index (χ1v) is 12.5. The molecule has 1 aromatic heterocycles. The minimum Gasteiger partial charge on any atom is -0.489 e. The Labute approximate surface area is 202 Å². The Morgan fingerprint density at radius 2 is 2.00 bits per heavy atom. The second-order valence-corrected chi connectivity index (χ2v) is 10.1. The van der Waals surface area contributed by atoms with Crippen molar-refractivity contribution in [2.45, 2.75) is 23.2 Å². The number of aromatic nitrogens is 1. The van der Waals surface area contributed by atoms with Gasteiger partial charge in [0.15, 0.2) is 9.84 Å². The molecular formula is C22H18F3N3O5S2. The SMILES string of the molecule is N#CCc1cccc(N2CCOc3cc(S(=O)(=O)Cc4nccs4)ccc32)c1.O=C(O)C(F)(F)F. The summed E-state index contributed by atoms with van der Waals surface area (Å²) >= 11 is 1.32. The van der Waals surface area contributed by atoms with E-state index in [4.69, 9.17) is 19.9 Å². The molecule has 0 radical (unpaired) electrons. The Hall–Kier alpha value is -3.63. The molecular weight excluding hydrogens is 507 g/mol. The highest BCUT2D eigenvalue weighted by Crippen LogP contribution is 2.38. The van der Waals surface area contributed by atoms with Gasteiger partial charge in [-0.1, -0.05) is 12.1 Å². The van der Waals surface area contributed by atoms with Gasteiger partial charge >= 0.3 is 12.1 Å². The molecule has 0 saturated heterocycles. The highest BCUT2D eigenvalue weighted by molar-refractivity contribution is 7.90. The van der Waals surface area contributed by atoms with Crippen LogP contribution in [0.25, 0.3) is 0 Å². The van der Waals surface area contributed by atoms with Crippen LogP contribution in [0.5, 0.6) is 5.75 Å². The molecule has 35 heavy (non-hydrogen) atoms. The van der Waals surface area contributed by atoms with Crippen LogP contribution in [0.1, 0.15) is 10.6 Å². The number of rotatable bonds is 5. The van der Waals surface area contributed by atoms with Gasteiger partial charge in [0, 0.05) is 23.3 Å². The number of aliphatic carboxylic acids is 1. The highest BCUT2D eigenvalue weighted by atomic mass is 32.2. The van der Waals surface area contributed by atoms with Gasteiger partial charge in [0.1, 0.15) is 23.1 Å². The summed E-state index contributed by atoms with van der Waals surface area (Å²) < 4.78 is 62.9. The lowest BCUT2D eigenvalue weighted by molar-refractivity contribution is -0.192. The van der Waals surface area contributed by atoms with E-state index in [1.165, 1.54) is 11.3 Å². The molecule has 0 aliphatic carbocycles. The number of carbonyl (C=O) groups is 1. The molecule has 1 aliphatic rings. The number of thiazole rings is 1. The summed E-state index contributed by atoms with van der Waals surface area (Å²) in [5.74, 6) is -2.34. The lowest BCUT2D eigenvalue weighted by Gasteiger charge is -2.31. The second kappa shape index (κ2) is 10.7. The van der Waals surface area contributed by atoms with Gasteiger partial charge in [-0.25, -0.2) is 18.2 Å². The summed E-state index contributed by atoms with van der Waals surface area (Å²) in [7, 11) is -3.50. The summed E-state index contributed by atoms with van der Waals surface area (Å²) in [6.07, 6.45) is -3.14. The Balaban J connectivity index is 0.000000429. The number of carboxylic acids is 1. The quantitative estimate of drug-likeness (QED) is 0.522. The zero-order valence-electron chi connectivity index (χ0n) is 17.9. The number of carboxylic acid groups (broad SMARTS) is 1. The lowest BCUT2D eigenvalue weighted by Crippen LogP contribution is -2.28. The van der Waals surface area contributed by atoms with E-state index in [0.717, 1.165) is 16.9 Å². The fourth-order valence-corrected chi connectivity index (χ4v) is 5.42. The van der Waals surface area contributed by atoms with Crippen LogP contribution in [0.2, 0.25) is 0 Å². The molecule has 0 saturated carbocycles. The van der Waals surface area contributed by atoms with Crippen molar-refractivity contribution in [3.05, 3.63) is 64.6 Å². The van der Waals surface area contributed by atoms with Crippen LogP contribution in [-0.4, -0.2) is 43.8 Å². The predicted octanol–water partition coefficient (Wildman–Crippen LogP) is 4.35. The summed E-state index contributed by atoms with van der Waals surface area (Å²) in [6.45, 7) is 1.10. The Bertz CT molecular complexity index is 1340. The van der Waals surface area contributed by atoms with Gasteiger partial charge in [0.25, 0.3) is 0 Å². The molecule has 0 atom stereocenters. The molecule has 0 amide bonds. The Morgan fingerprint density at radius 1 is 1.26 bits per heavy atom. The number of benzene rings is 2. The summed E-state index contributed by atoms with van der Waals surface area (Å²) in [5.41, 5.74) is 2.71. The fourth-order valence-electron chi connectivity index (χ4n) is 3.16. The van der Waals surface area contributed by atoms with E-state index < -0.39 is 22.0 Å². The number of sulfone groups is 1. The number of nitriles is 1. The first-order chi connectivity index (χ1) is 16.5. The van der Waals surface area contributed by atoms with Gasteiger partial charge in [0.2, 0.25) is 0 Å². The molecule has 2 aromatic carbocycles. The largest absolute Gasteiger partial charge is 0.490 e. The van der Waals surface area contributed by atoms with Crippen molar-refractivity contribution in [3.8, 4) is 11.8 Å². The maximum Gasteiger partial charge on any atom is 0.490 e. The van der Waals surface area contributed by atoms with Crippen LogP contribution in [-0.2, 0) is 26.8 Å². The number of ether oxygens (including phenoxy) is 1. The van der Waals surface area contributed by atoms with Crippen LogP contribution in [0.3, 0.4) is 0 Å². The minimum absolute atomic E-state index is 0.122. The van der Waals surface area contributed by atoms with Gasteiger partial charge in [0.05, 0.1) is 29.6 Å². The Morgan fingerprint density at radius 3 is 2.63 bits per heavy atom. The average molecular weight is 526 g/mol. The van der Waals surface area contributed by atoms with E-state index in [9.17, 15) is 21.6 Å². The molecule has 8 nitrogen and oxygen atoms in total. The van der Waals surface area contributed by atoms with Crippen molar-refractivity contribution < 1.29 is 36.2 Å². The number of fused-ring (bicyclic) bond motifs is 1. The fraction of sp³-hybridized carbons (Fsp3) is 0.227. The second-order valence-electron chi connectivity index (χ2n) is 7.12. The molecule has 3 aromatic rings. The predicted molar refractivity (Wildman–Crippen MR) is 121 cm³/mol. The number of halogens is 3. The van der Waals surface area contributed by atoms with E-state index in [1.54, 1.807) is 29.8 Å². The minimum atomic E-state index is -5.08. The van der Waals surface area contributed by atoms with Gasteiger partial charge < -0.3 is 14.7 Å². The smallest absolute Gasteiger partial charge is 0.489 e. The first-order valence-electron chi connectivity index (χ1n) is 9.93. The molecule has 1 N–H and O–H groups in total. The van der Waals surface area contributed by atoms with Crippen molar-refractivity contribution in [1.29, 1.82) is 5.26 Å². The highest BCUT2D eigenvalue weighted by Gasteiger charge is 2.38.